The van der Waals surface area contributed by atoms with E-state index in [9.17, 15) is 0 Å². The van der Waals surface area contributed by atoms with Crippen LogP contribution < -0.4 is 5.32 Å². The Bertz CT molecular complexity index is 1050. The molecule has 2 atom stereocenters. The van der Waals surface area contributed by atoms with Gasteiger partial charge in [0, 0.05) is 50.5 Å². The van der Waals surface area contributed by atoms with Gasteiger partial charge in [0.2, 0.25) is 0 Å². The van der Waals surface area contributed by atoms with Crippen LogP contribution in [-0.4, -0.2) is 68.8 Å². The highest BCUT2D eigenvalue weighted by atomic mass is 32.1. The second-order valence-corrected chi connectivity index (χ2v) is 8.66. The molecule has 0 bridgehead atoms. The first-order valence-electron chi connectivity index (χ1n) is 11.1. The summed E-state index contributed by atoms with van der Waals surface area (Å²) >= 11 is 5.83. The molecule has 1 N–H and O–H groups in total. The van der Waals surface area contributed by atoms with Crippen molar-refractivity contribution >= 4 is 17.3 Å². The summed E-state index contributed by atoms with van der Waals surface area (Å²) in [7, 11) is 0. The number of pyridine rings is 2. The number of nitrogens with one attached hydrogen (secondary N) is 1. The van der Waals surface area contributed by atoms with Gasteiger partial charge in [-0.25, -0.2) is 4.98 Å². The van der Waals surface area contributed by atoms with Crippen molar-refractivity contribution in [1.29, 1.82) is 0 Å². The monoisotopic (exact) mass is 448 g/mol. The molecule has 3 aromatic rings. The minimum Gasteiger partial charge on any atom is -0.379 e. The van der Waals surface area contributed by atoms with Crippen LogP contribution in [0.5, 0.6) is 0 Å². The zero-order valence-electron chi connectivity index (χ0n) is 18.2. The van der Waals surface area contributed by atoms with Gasteiger partial charge in [0.05, 0.1) is 31.0 Å². The normalized spacial score (nSPS) is 21.7. The molecule has 0 aliphatic carbocycles. The van der Waals surface area contributed by atoms with Crippen molar-refractivity contribution in [1.82, 2.24) is 29.7 Å². The van der Waals surface area contributed by atoms with E-state index in [1.165, 1.54) is 0 Å². The Morgan fingerprint density at radius 3 is 2.69 bits per heavy atom. The molecular weight excluding hydrogens is 420 g/mol. The van der Waals surface area contributed by atoms with E-state index in [1.54, 1.807) is 0 Å². The Kier molecular flexibility index (Phi) is 6.16. The van der Waals surface area contributed by atoms with Crippen LogP contribution in [0, 0.1) is 6.92 Å². The molecule has 0 unspecified atom stereocenters. The van der Waals surface area contributed by atoms with E-state index in [4.69, 9.17) is 17.0 Å². The van der Waals surface area contributed by atoms with Crippen molar-refractivity contribution in [3.8, 4) is 5.82 Å². The predicted molar refractivity (Wildman–Crippen MR) is 128 cm³/mol. The number of nitrogens with zero attached hydrogens (tertiary/aromatic N) is 5. The molecule has 2 aliphatic rings. The fourth-order valence-corrected chi connectivity index (χ4v) is 4.82. The Hall–Kier alpha value is -2.81. The number of rotatable bonds is 6. The summed E-state index contributed by atoms with van der Waals surface area (Å²) in [4.78, 5) is 14.1. The van der Waals surface area contributed by atoms with Crippen LogP contribution in [0.25, 0.3) is 5.82 Å². The van der Waals surface area contributed by atoms with Crippen molar-refractivity contribution in [3.63, 3.8) is 0 Å². The van der Waals surface area contributed by atoms with Gasteiger partial charge in [0.15, 0.2) is 5.11 Å². The SMILES string of the molecule is Cc1ccc(-n2cccc2[C@H]2[C@H](c3ccccn3)NC(=S)N2CCN2CCOCC2)nc1. The van der Waals surface area contributed by atoms with Crippen molar-refractivity contribution < 1.29 is 4.74 Å². The van der Waals surface area contributed by atoms with Gasteiger partial charge >= 0.3 is 0 Å². The molecular formula is C24H28N6OS. The average Bonchev–Trinajstić information content (AvgIpc) is 3.43. The van der Waals surface area contributed by atoms with Gasteiger partial charge in [0.1, 0.15) is 5.82 Å². The van der Waals surface area contributed by atoms with Crippen LogP contribution in [0.2, 0.25) is 0 Å². The standard InChI is InChI=1S/C24H28N6OS/c1-18-7-8-21(26-17-18)29-10-4-6-20(29)23-22(19-5-2-3-9-25-19)27-24(32)30(23)12-11-28-13-15-31-16-14-28/h2-10,17,22-23H,11-16H2,1H3,(H,27,32)/t22-,23-/m0/s1. The number of hydrogen-bond acceptors (Lipinski definition) is 5. The van der Waals surface area contributed by atoms with Crippen LogP contribution in [0.4, 0.5) is 0 Å². The zero-order valence-corrected chi connectivity index (χ0v) is 19.0. The molecule has 7 nitrogen and oxygen atoms in total. The highest BCUT2D eigenvalue weighted by molar-refractivity contribution is 7.80. The highest BCUT2D eigenvalue weighted by Gasteiger charge is 2.41. The minimum atomic E-state index is -0.0347. The van der Waals surface area contributed by atoms with Gasteiger partial charge in [-0.2, -0.15) is 0 Å². The summed E-state index contributed by atoms with van der Waals surface area (Å²) in [5.41, 5.74) is 3.27. The summed E-state index contributed by atoms with van der Waals surface area (Å²) in [6.45, 7) is 7.36. The van der Waals surface area contributed by atoms with E-state index in [-0.39, 0.29) is 12.1 Å². The van der Waals surface area contributed by atoms with Crippen LogP contribution >= 0.6 is 12.2 Å². The van der Waals surface area contributed by atoms with Gasteiger partial charge in [-0.15, -0.1) is 0 Å². The maximum Gasteiger partial charge on any atom is 0.170 e. The van der Waals surface area contributed by atoms with Crippen molar-refractivity contribution in [2.45, 2.75) is 19.0 Å². The van der Waals surface area contributed by atoms with Crippen LogP contribution in [0.15, 0.2) is 61.1 Å². The number of aromatic nitrogens is 3. The van der Waals surface area contributed by atoms with E-state index in [2.05, 4.69) is 73.1 Å². The molecule has 0 amide bonds. The molecule has 166 valence electrons. The Morgan fingerprint density at radius 2 is 1.94 bits per heavy atom. The Balaban J connectivity index is 1.49. The number of morpholine rings is 1. The lowest BCUT2D eigenvalue weighted by atomic mass is 10.0. The second-order valence-electron chi connectivity index (χ2n) is 8.27. The topological polar surface area (TPSA) is 58.5 Å². The lowest BCUT2D eigenvalue weighted by Crippen LogP contribution is -2.42. The van der Waals surface area contributed by atoms with Crippen LogP contribution in [0.3, 0.4) is 0 Å². The van der Waals surface area contributed by atoms with Crippen LogP contribution in [-0.2, 0) is 4.74 Å². The Morgan fingerprint density at radius 1 is 1.06 bits per heavy atom. The summed E-state index contributed by atoms with van der Waals surface area (Å²) in [6.07, 6.45) is 5.82. The van der Waals surface area contributed by atoms with Gasteiger partial charge in [-0.1, -0.05) is 12.1 Å². The van der Waals surface area contributed by atoms with Gasteiger partial charge in [-0.3, -0.25) is 9.88 Å². The molecule has 3 aromatic heterocycles. The molecule has 0 aromatic carbocycles. The maximum atomic E-state index is 5.83. The van der Waals surface area contributed by atoms with Crippen molar-refractivity contribution in [2.75, 3.05) is 39.4 Å². The first-order valence-corrected chi connectivity index (χ1v) is 11.5. The summed E-state index contributed by atoms with van der Waals surface area (Å²) in [6, 6.07) is 14.4. The number of thiocarbonyl (C=S) groups is 1. The zero-order chi connectivity index (χ0) is 21.9. The molecule has 0 radical (unpaired) electrons. The van der Waals surface area contributed by atoms with Crippen molar-refractivity contribution in [2.24, 2.45) is 0 Å². The van der Waals surface area contributed by atoms with Crippen molar-refractivity contribution in [3.05, 3.63) is 78.0 Å². The van der Waals surface area contributed by atoms with E-state index >= 15 is 0 Å². The molecule has 5 rings (SSSR count). The number of hydrogen-bond donors (Lipinski definition) is 1. The largest absolute Gasteiger partial charge is 0.379 e. The molecule has 0 spiro atoms. The molecule has 32 heavy (non-hydrogen) atoms. The van der Waals surface area contributed by atoms with E-state index in [0.717, 1.165) is 67.3 Å². The van der Waals surface area contributed by atoms with Gasteiger partial charge < -0.3 is 19.5 Å². The lowest BCUT2D eigenvalue weighted by molar-refractivity contribution is 0.0349. The second kappa shape index (κ2) is 9.36. The quantitative estimate of drug-likeness (QED) is 0.582. The van der Waals surface area contributed by atoms with Gasteiger partial charge in [-0.05, 0) is 55.0 Å². The maximum absolute atomic E-state index is 5.83. The number of aryl methyl sites for hydroxylation is 1. The van der Waals surface area contributed by atoms with E-state index in [0.29, 0.717) is 0 Å². The minimum absolute atomic E-state index is 0.0107. The molecule has 8 heteroatoms. The molecule has 0 saturated carbocycles. The first-order chi connectivity index (χ1) is 15.7. The average molecular weight is 449 g/mol. The third kappa shape index (κ3) is 4.26. The third-order valence-corrected chi connectivity index (χ3v) is 6.54. The lowest BCUT2D eigenvalue weighted by Gasteiger charge is -2.32. The smallest absolute Gasteiger partial charge is 0.170 e. The highest BCUT2D eigenvalue weighted by Crippen LogP contribution is 2.39. The van der Waals surface area contributed by atoms with E-state index in [1.807, 2.05) is 24.5 Å². The third-order valence-electron chi connectivity index (χ3n) is 6.18. The number of ether oxygens (including phenoxy) is 1. The molecule has 5 heterocycles. The summed E-state index contributed by atoms with van der Waals surface area (Å²) in [5, 5.41) is 4.32. The molecule has 2 fully saturated rings. The van der Waals surface area contributed by atoms with Gasteiger partial charge in [0.25, 0.3) is 0 Å². The molecule has 2 saturated heterocycles. The predicted octanol–water partition coefficient (Wildman–Crippen LogP) is 2.88. The van der Waals surface area contributed by atoms with E-state index < -0.39 is 0 Å². The summed E-state index contributed by atoms with van der Waals surface area (Å²) in [5.74, 6) is 0.904. The first kappa shape index (κ1) is 21.1. The Labute approximate surface area is 194 Å². The molecule has 2 aliphatic heterocycles. The fourth-order valence-electron chi connectivity index (χ4n) is 4.49. The van der Waals surface area contributed by atoms with Crippen LogP contribution in [0.1, 0.15) is 29.0 Å². The fraction of sp³-hybridized carbons (Fsp3) is 0.375. The summed E-state index contributed by atoms with van der Waals surface area (Å²) < 4.78 is 7.67.